The van der Waals surface area contributed by atoms with E-state index in [1.54, 1.807) is 24.4 Å². The minimum absolute atomic E-state index is 0.0799. The van der Waals surface area contributed by atoms with E-state index in [9.17, 15) is 9.59 Å². The van der Waals surface area contributed by atoms with Gasteiger partial charge in [-0.2, -0.15) is 0 Å². The van der Waals surface area contributed by atoms with E-state index in [1.807, 2.05) is 0 Å². The number of aliphatic hydroxyl groups excluding tert-OH is 1. The van der Waals surface area contributed by atoms with Crippen molar-refractivity contribution in [1.82, 2.24) is 10.6 Å². The molecule has 0 spiro atoms. The highest BCUT2D eigenvalue weighted by molar-refractivity contribution is 7.12. The van der Waals surface area contributed by atoms with Crippen molar-refractivity contribution in [3.05, 3.63) is 22.4 Å². The van der Waals surface area contributed by atoms with Crippen molar-refractivity contribution in [2.75, 3.05) is 13.1 Å². The molecule has 1 rings (SSSR count). The summed E-state index contributed by atoms with van der Waals surface area (Å²) >= 11 is 1.32. The molecule has 5 nitrogen and oxygen atoms in total. The largest absolute Gasteiger partial charge is 0.392 e. The summed E-state index contributed by atoms with van der Waals surface area (Å²) in [6.45, 7) is 1.68. The minimum Gasteiger partial charge on any atom is -0.392 e. The molecule has 1 aromatic heterocycles. The van der Waals surface area contributed by atoms with Crippen LogP contribution in [0, 0.1) is 0 Å². The second-order valence-electron chi connectivity index (χ2n) is 3.31. The summed E-state index contributed by atoms with van der Waals surface area (Å²) in [6.07, 6.45) is -0.586. The lowest BCUT2D eigenvalue weighted by Gasteiger charge is -2.07. The van der Waals surface area contributed by atoms with E-state index in [2.05, 4.69) is 10.6 Å². The molecule has 0 aromatic carbocycles. The molecular weight excluding hydrogens is 228 g/mol. The molecule has 0 fully saturated rings. The molecule has 0 saturated heterocycles. The number of nitrogens with one attached hydrogen (secondary N) is 2. The Hall–Kier alpha value is -1.40. The minimum atomic E-state index is -0.586. The predicted molar refractivity (Wildman–Crippen MR) is 61.3 cm³/mol. The summed E-state index contributed by atoms with van der Waals surface area (Å²) in [7, 11) is 0. The zero-order valence-corrected chi connectivity index (χ0v) is 9.71. The number of aliphatic hydroxyl groups is 1. The quantitative estimate of drug-likeness (QED) is 0.678. The van der Waals surface area contributed by atoms with Gasteiger partial charge in [0.1, 0.15) is 0 Å². The van der Waals surface area contributed by atoms with Crippen molar-refractivity contribution < 1.29 is 14.7 Å². The van der Waals surface area contributed by atoms with Crippen LogP contribution in [0.2, 0.25) is 0 Å². The summed E-state index contributed by atoms with van der Waals surface area (Å²) in [4.78, 5) is 23.2. The van der Waals surface area contributed by atoms with Crippen LogP contribution in [0.25, 0.3) is 0 Å². The first kappa shape index (κ1) is 12.7. The summed E-state index contributed by atoms with van der Waals surface area (Å²) in [5, 5.41) is 15.7. The summed E-state index contributed by atoms with van der Waals surface area (Å²) in [6, 6.07) is 3.46. The molecule has 0 aliphatic heterocycles. The Morgan fingerprint density at radius 3 is 2.81 bits per heavy atom. The molecule has 0 radical (unpaired) electrons. The third-order valence-electron chi connectivity index (χ3n) is 1.75. The molecule has 1 unspecified atom stereocenters. The van der Waals surface area contributed by atoms with Gasteiger partial charge in [-0.3, -0.25) is 9.59 Å². The topological polar surface area (TPSA) is 78.4 Å². The summed E-state index contributed by atoms with van der Waals surface area (Å²) in [5.74, 6) is -0.576. The average molecular weight is 242 g/mol. The van der Waals surface area contributed by atoms with Crippen molar-refractivity contribution in [2.24, 2.45) is 0 Å². The SMILES string of the molecule is CC(O)CNC(=O)CNC(=O)c1cccs1. The molecule has 6 heteroatoms. The fourth-order valence-electron chi connectivity index (χ4n) is 0.979. The maximum atomic E-state index is 11.4. The van der Waals surface area contributed by atoms with Crippen LogP contribution in [-0.2, 0) is 4.79 Å². The van der Waals surface area contributed by atoms with Gasteiger partial charge in [0.2, 0.25) is 5.91 Å². The lowest BCUT2D eigenvalue weighted by Crippen LogP contribution is -2.39. The zero-order valence-electron chi connectivity index (χ0n) is 8.90. The highest BCUT2D eigenvalue weighted by Gasteiger charge is 2.08. The van der Waals surface area contributed by atoms with Gasteiger partial charge in [0.25, 0.3) is 5.91 Å². The van der Waals surface area contributed by atoms with Crippen LogP contribution < -0.4 is 10.6 Å². The fraction of sp³-hybridized carbons (Fsp3) is 0.400. The van der Waals surface area contributed by atoms with Crippen molar-refractivity contribution in [1.29, 1.82) is 0 Å². The Bertz CT molecular complexity index is 349. The van der Waals surface area contributed by atoms with Crippen molar-refractivity contribution >= 4 is 23.2 Å². The van der Waals surface area contributed by atoms with Crippen LogP contribution in [0.15, 0.2) is 17.5 Å². The maximum Gasteiger partial charge on any atom is 0.261 e. The van der Waals surface area contributed by atoms with E-state index in [4.69, 9.17) is 5.11 Å². The van der Waals surface area contributed by atoms with E-state index in [0.29, 0.717) is 4.88 Å². The highest BCUT2D eigenvalue weighted by atomic mass is 32.1. The molecule has 1 heterocycles. The number of rotatable bonds is 5. The van der Waals surface area contributed by atoms with Crippen molar-refractivity contribution in [3.8, 4) is 0 Å². The highest BCUT2D eigenvalue weighted by Crippen LogP contribution is 2.07. The van der Waals surface area contributed by atoms with Gasteiger partial charge in [0, 0.05) is 6.54 Å². The second-order valence-corrected chi connectivity index (χ2v) is 4.26. The van der Waals surface area contributed by atoms with Crippen LogP contribution >= 0.6 is 11.3 Å². The van der Waals surface area contributed by atoms with Crippen LogP contribution in [0.5, 0.6) is 0 Å². The Kier molecular flexibility index (Phi) is 4.94. The fourth-order valence-corrected chi connectivity index (χ4v) is 1.62. The predicted octanol–water partition coefficient (Wildman–Crippen LogP) is -0.0251. The third kappa shape index (κ3) is 4.41. The number of hydrogen-bond donors (Lipinski definition) is 3. The van der Waals surface area contributed by atoms with Crippen molar-refractivity contribution in [3.63, 3.8) is 0 Å². The van der Waals surface area contributed by atoms with Gasteiger partial charge in [0.05, 0.1) is 17.5 Å². The monoisotopic (exact) mass is 242 g/mol. The lowest BCUT2D eigenvalue weighted by atomic mass is 10.4. The van der Waals surface area contributed by atoms with Crippen LogP contribution in [0.1, 0.15) is 16.6 Å². The van der Waals surface area contributed by atoms with Gasteiger partial charge in [-0.25, -0.2) is 0 Å². The van der Waals surface area contributed by atoms with Gasteiger partial charge in [-0.15, -0.1) is 11.3 Å². The van der Waals surface area contributed by atoms with E-state index < -0.39 is 6.10 Å². The number of thiophene rings is 1. The molecule has 0 aliphatic rings. The Labute approximate surface area is 97.5 Å². The smallest absolute Gasteiger partial charge is 0.261 e. The van der Waals surface area contributed by atoms with E-state index in [-0.39, 0.29) is 24.9 Å². The molecule has 0 aliphatic carbocycles. The lowest BCUT2D eigenvalue weighted by molar-refractivity contribution is -0.120. The van der Waals surface area contributed by atoms with E-state index in [1.165, 1.54) is 11.3 Å². The zero-order chi connectivity index (χ0) is 12.0. The molecule has 1 atom stereocenters. The van der Waals surface area contributed by atoms with Gasteiger partial charge in [0.15, 0.2) is 0 Å². The van der Waals surface area contributed by atoms with E-state index >= 15 is 0 Å². The molecule has 16 heavy (non-hydrogen) atoms. The number of hydrogen-bond acceptors (Lipinski definition) is 4. The van der Waals surface area contributed by atoms with Crippen LogP contribution in [0.3, 0.4) is 0 Å². The molecule has 1 aromatic rings. The first-order chi connectivity index (χ1) is 7.59. The van der Waals surface area contributed by atoms with Crippen LogP contribution in [0.4, 0.5) is 0 Å². The Balaban J connectivity index is 2.24. The van der Waals surface area contributed by atoms with Crippen LogP contribution in [-0.4, -0.2) is 36.1 Å². The molecule has 2 amide bonds. The van der Waals surface area contributed by atoms with Crippen molar-refractivity contribution in [2.45, 2.75) is 13.0 Å². The first-order valence-corrected chi connectivity index (χ1v) is 5.74. The summed E-state index contributed by atoms with van der Waals surface area (Å²) < 4.78 is 0. The Morgan fingerprint density at radius 1 is 1.50 bits per heavy atom. The average Bonchev–Trinajstić information content (AvgIpc) is 2.76. The van der Waals surface area contributed by atoms with Gasteiger partial charge < -0.3 is 15.7 Å². The van der Waals surface area contributed by atoms with Gasteiger partial charge >= 0.3 is 0 Å². The number of carbonyl (C=O) groups is 2. The molecular formula is C10H14N2O3S. The standard InChI is InChI=1S/C10H14N2O3S/c1-7(13)5-11-9(14)6-12-10(15)8-3-2-4-16-8/h2-4,7,13H,5-6H2,1H3,(H,11,14)(H,12,15). The maximum absolute atomic E-state index is 11.4. The molecule has 0 saturated carbocycles. The molecule has 3 N–H and O–H groups in total. The second kappa shape index (κ2) is 6.24. The summed E-state index contributed by atoms with van der Waals surface area (Å²) in [5.41, 5.74) is 0. The normalized spacial score (nSPS) is 11.9. The van der Waals surface area contributed by atoms with E-state index in [0.717, 1.165) is 0 Å². The Morgan fingerprint density at radius 2 is 2.25 bits per heavy atom. The molecule has 88 valence electrons. The first-order valence-electron chi connectivity index (χ1n) is 4.86. The van der Waals surface area contributed by atoms with Gasteiger partial charge in [-0.05, 0) is 18.4 Å². The molecule has 0 bridgehead atoms. The third-order valence-corrected chi connectivity index (χ3v) is 2.62. The van der Waals surface area contributed by atoms with Gasteiger partial charge in [-0.1, -0.05) is 6.07 Å². The number of carbonyl (C=O) groups excluding carboxylic acids is 2. The number of amides is 2.